The van der Waals surface area contributed by atoms with Gasteiger partial charge in [0.2, 0.25) is 5.13 Å². The molecular weight excluding hydrogens is 422 g/mol. The van der Waals surface area contributed by atoms with Crippen molar-refractivity contribution in [2.45, 2.75) is 18.8 Å². The molecule has 0 fully saturated rings. The van der Waals surface area contributed by atoms with Crippen molar-refractivity contribution in [3.8, 4) is 5.13 Å². The Hall–Kier alpha value is -2.89. The van der Waals surface area contributed by atoms with E-state index in [0.29, 0.717) is 23.0 Å². The number of aromatic nitrogens is 3. The molecule has 0 aliphatic heterocycles. The van der Waals surface area contributed by atoms with Gasteiger partial charge in [-0.3, -0.25) is 4.79 Å². The molecule has 3 aromatic rings. The van der Waals surface area contributed by atoms with Crippen molar-refractivity contribution in [2.75, 3.05) is 6.54 Å². The molecule has 0 spiro atoms. The van der Waals surface area contributed by atoms with Crippen LogP contribution in [-0.2, 0) is 18.8 Å². The van der Waals surface area contributed by atoms with Crippen LogP contribution in [0.4, 0.5) is 26.3 Å². The number of benzene rings is 1. The summed E-state index contributed by atoms with van der Waals surface area (Å²) in [6.45, 7) is -0.0152. The molecule has 154 valence electrons. The number of nitrogens with one attached hydrogen (secondary N) is 1. The number of rotatable bonds is 5. The van der Waals surface area contributed by atoms with Gasteiger partial charge in [-0.05, 0) is 24.3 Å². The minimum atomic E-state index is -5.01. The molecule has 0 atom stereocenters. The van der Waals surface area contributed by atoms with Gasteiger partial charge in [-0.1, -0.05) is 0 Å². The molecule has 29 heavy (non-hydrogen) atoms. The van der Waals surface area contributed by atoms with Crippen LogP contribution in [0.15, 0.2) is 42.0 Å². The van der Waals surface area contributed by atoms with Crippen molar-refractivity contribution in [3.05, 3.63) is 64.4 Å². The van der Waals surface area contributed by atoms with E-state index in [9.17, 15) is 31.1 Å². The first-order valence-corrected chi connectivity index (χ1v) is 8.94. The molecule has 0 aliphatic carbocycles. The SMILES string of the molecule is O=C(NCCc1csc(-n2cccn2)n1)c1cc(C(F)(F)F)cc(C(F)(F)F)c1. The first-order valence-electron chi connectivity index (χ1n) is 8.06. The fourth-order valence-corrected chi connectivity index (χ4v) is 3.19. The first-order chi connectivity index (χ1) is 13.5. The summed E-state index contributed by atoms with van der Waals surface area (Å²) in [5, 5.41) is 8.64. The summed E-state index contributed by atoms with van der Waals surface area (Å²) in [5.74, 6) is -1.04. The first kappa shape index (κ1) is 20.8. The van der Waals surface area contributed by atoms with Crippen LogP contribution in [0, 0.1) is 0 Å². The lowest BCUT2D eigenvalue weighted by molar-refractivity contribution is -0.143. The molecule has 0 aliphatic rings. The molecule has 5 nitrogen and oxygen atoms in total. The van der Waals surface area contributed by atoms with Crippen molar-refractivity contribution in [1.29, 1.82) is 0 Å². The van der Waals surface area contributed by atoms with Gasteiger partial charge in [0.05, 0.1) is 16.8 Å². The molecule has 0 saturated carbocycles. The van der Waals surface area contributed by atoms with E-state index in [0.717, 1.165) is 0 Å². The van der Waals surface area contributed by atoms with Gasteiger partial charge in [0.25, 0.3) is 5.91 Å². The minimum Gasteiger partial charge on any atom is -0.352 e. The fourth-order valence-electron chi connectivity index (χ4n) is 2.39. The summed E-state index contributed by atoms with van der Waals surface area (Å²) in [6.07, 6.45) is -6.52. The largest absolute Gasteiger partial charge is 0.416 e. The average Bonchev–Trinajstić information content (AvgIpc) is 3.31. The monoisotopic (exact) mass is 434 g/mol. The zero-order valence-corrected chi connectivity index (χ0v) is 15.2. The van der Waals surface area contributed by atoms with Crippen LogP contribution in [0.25, 0.3) is 5.13 Å². The molecule has 1 aromatic carbocycles. The molecule has 0 radical (unpaired) electrons. The van der Waals surface area contributed by atoms with Gasteiger partial charge < -0.3 is 5.32 Å². The Morgan fingerprint density at radius 1 is 1.07 bits per heavy atom. The van der Waals surface area contributed by atoms with Crippen molar-refractivity contribution in [3.63, 3.8) is 0 Å². The third-order valence-corrected chi connectivity index (χ3v) is 4.64. The van der Waals surface area contributed by atoms with Crippen LogP contribution < -0.4 is 5.32 Å². The number of alkyl halides is 6. The highest BCUT2D eigenvalue weighted by Crippen LogP contribution is 2.36. The Balaban J connectivity index is 1.69. The molecule has 2 heterocycles. The Labute approximate surface area is 164 Å². The van der Waals surface area contributed by atoms with Crippen LogP contribution in [0.5, 0.6) is 0 Å². The van der Waals surface area contributed by atoms with Gasteiger partial charge in [-0.2, -0.15) is 31.4 Å². The molecule has 0 unspecified atom stereocenters. The fraction of sp³-hybridized carbons (Fsp3) is 0.235. The zero-order valence-electron chi connectivity index (χ0n) is 14.4. The Bertz CT molecular complexity index is 962. The van der Waals surface area contributed by atoms with Gasteiger partial charge in [-0.25, -0.2) is 9.67 Å². The standard InChI is InChI=1S/C17H12F6N4OS/c18-16(19,20)11-6-10(7-12(8-11)17(21,22)23)14(28)24-4-2-13-9-29-15(26-13)27-5-1-3-25-27/h1,3,5-9H,2,4H2,(H,24,28). The average molecular weight is 434 g/mol. The minimum absolute atomic E-state index is 0.0152. The van der Waals surface area contributed by atoms with E-state index in [1.54, 1.807) is 23.8 Å². The molecule has 1 amide bonds. The Morgan fingerprint density at radius 2 is 1.72 bits per heavy atom. The van der Waals surface area contributed by atoms with Crippen LogP contribution in [0.3, 0.4) is 0 Å². The van der Waals surface area contributed by atoms with Crippen LogP contribution in [-0.4, -0.2) is 27.2 Å². The lowest BCUT2D eigenvalue weighted by atomic mass is 10.0. The number of carbonyl (C=O) groups is 1. The van der Waals surface area contributed by atoms with E-state index < -0.39 is 35.0 Å². The number of thiazole rings is 1. The topological polar surface area (TPSA) is 59.8 Å². The Kier molecular flexibility index (Phi) is 5.64. The van der Waals surface area contributed by atoms with Crippen LogP contribution >= 0.6 is 11.3 Å². The maximum absolute atomic E-state index is 12.9. The quantitative estimate of drug-likeness (QED) is 0.608. The van der Waals surface area contributed by atoms with Crippen molar-refractivity contribution in [1.82, 2.24) is 20.1 Å². The van der Waals surface area contributed by atoms with E-state index in [1.807, 2.05) is 0 Å². The van der Waals surface area contributed by atoms with E-state index >= 15 is 0 Å². The maximum Gasteiger partial charge on any atom is 0.416 e. The predicted octanol–water partition coefficient (Wildman–Crippen LogP) is 4.34. The van der Waals surface area contributed by atoms with E-state index in [2.05, 4.69) is 15.4 Å². The van der Waals surface area contributed by atoms with E-state index in [4.69, 9.17) is 0 Å². The van der Waals surface area contributed by atoms with Gasteiger partial charge >= 0.3 is 12.4 Å². The molecular formula is C17H12F6N4OS. The van der Waals surface area contributed by atoms with Crippen LogP contribution in [0.1, 0.15) is 27.2 Å². The maximum atomic E-state index is 12.9. The number of halogens is 6. The van der Waals surface area contributed by atoms with E-state index in [1.165, 1.54) is 16.0 Å². The molecule has 3 rings (SSSR count). The normalized spacial score (nSPS) is 12.2. The summed E-state index contributed by atoms with van der Waals surface area (Å²) in [4.78, 5) is 16.4. The summed E-state index contributed by atoms with van der Waals surface area (Å²) >= 11 is 1.30. The van der Waals surface area contributed by atoms with Gasteiger partial charge in [0.15, 0.2) is 0 Å². The van der Waals surface area contributed by atoms with Crippen molar-refractivity contribution >= 4 is 17.2 Å². The molecule has 0 bridgehead atoms. The third kappa shape index (κ3) is 5.13. The summed E-state index contributed by atoms with van der Waals surface area (Å²) < 4.78 is 78.8. The van der Waals surface area contributed by atoms with E-state index in [-0.39, 0.29) is 19.0 Å². The summed E-state index contributed by atoms with van der Waals surface area (Å²) in [7, 11) is 0. The number of amides is 1. The second kappa shape index (κ2) is 7.85. The number of hydrogen-bond acceptors (Lipinski definition) is 4. The molecule has 12 heteroatoms. The molecule has 2 aromatic heterocycles. The summed E-state index contributed by atoms with van der Waals surface area (Å²) in [6, 6.07) is 2.47. The third-order valence-electron chi connectivity index (χ3n) is 3.76. The predicted molar refractivity (Wildman–Crippen MR) is 91.7 cm³/mol. The summed E-state index contributed by atoms with van der Waals surface area (Å²) in [5.41, 5.74) is -3.20. The number of hydrogen-bond donors (Lipinski definition) is 1. The van der Waals surface area contributed by atoms with Gasteiger partial charge in [-0.15, -0.1) is 11.3 Å². The second-order valence-corrected chi connectivity index (χ2v) is 6.71. The van der Waals surface area contributed by atoms with Crippen LogP contribution in [0.2, 0.25) is 0 Å². The van der Waals surface area contributed by atoms with Gasteiger partial charge in [0.1, 0.15) is 0 Å². The van der Waals surface area contributed by atoms with Crippen molar-refractivity contribution < 1.29 is 31.1 Å². The van der Waals surface area contributed by atoms with Crippen molar-refractivity contribution in [2.24, 2.45) is 0 Å². The lowest BCUT2D eigenvalue weighted by Crippen LogP contribution is -2.26. The van der Waals surface area contributed by atoms with Gasteiger partial charge in [0, 0.05) is 36.3 Å². The molecule has 1 N–H and O–H groups in total. The highest BCUT2D eigenvalue weighted by Gasteiger charge is 2.37. The number of carbonyl (C=O) groups excluding carboxylic acids is 1. The lowest BCUT2D eigenvalue weighted by Gasteiger charge is -2.14. The zero-order chi connectivity index (χ0) is 21.2. The Morgan fingerprint density at radius 3 is 2.28 bits per heavy atom. The smallest absolute Gasteiger partial charge is 0.352 e. The number of nitrogens with zero attached hydrogens (tertiary/aromatic N) is 3. The highest BCUT2D eigenvalue weighted by atomic mass is 32.1. The molecule has 0 saturated heterocycles. The second-order valence-electron chi connectivity index (χ2n) is 5.87. The highest BCUT2D eigenvalue weighted by molar-refractivity contribution is 7.12.